The molecule has 0 bridgehead atoms. The third-order valence-electron chi connectivity index (χ3n) is 5.17. The predicted octanol–water partition coefficient (Wildman–Crippen LogP) is 3.88. The molecule has 6 nitrogen and oxygen atoms in total. The second-order valence-corrected chi connectivity index (χ2v) is 9.52. The van der Waals surface area contributed by atoms with Crippen molar-refractivity contribution in [3.63, 3.8) is 0 Å². The van der Waals surface area contributed by atoms with Gasteiger partial charge in [0.05, 0.1) is 19.9 Å². The van der Waals surface area contributed by atoms with Crippen molar-refractivity contribution in [2.24, 2.45) is 5.92 Å². The number of anilines is 1. The maximum absolute atomic E-state index is 13.4. The van der Waals surface area contributed by atoms with E-state index >= 15 is 0 Å². The first-order valence-corrected chi connectivity index (χ1v) is 11.9. The standard InChI is InChI=1S/C25H27F2N5OS/c1-32(2)12-4-5-17-8-10-20(29-25-31-30-23(34-25)11-9-16-6-7-16)18(13-17)19-14-21(24(26)27)28-15-22(19)33-3/h8,10,13-16,23-25,29-31H,6-7,12H2,1-3H3. The number of hydrogen-bond donors (Lipinski definition) is 3. The molecule has 0 radical (unpaired) electrons. The Morgan fingerprint density at radius 2 is 2.03 bits per heavy atom. The number of hydrazine groups is 1. The molecule has 2 heterocycles. The summed E-state index contributed by atoms with van der Waals surface area (Å²) in [5.74, 6) is 13.7. The predicted molar refractivity (Wildman–Crippen MR) is 132 cm³/mol. The Morgan fingerprint density at radius 3 is 2.74 bits per heavy atom. The minimum Gasteiger partial charge on any atom is -0.494 e. The van der Waals surface area contributed by atoms with Crippen molar-refractivity contribution in [1.29, 1.82) is 0 Å². The van der Waals surface area contributed by atoms with E-state index in [0.29, 0.717) is 29.3 Å². The molecule has 178 valence electrons. The van der Waals surface area contributed by atoms with Gasteiger partial charge in [0.15, 0.2) is 0 Å². The molecule has 4 rings (SSSR count). The van der Waals surface area contributed by atoms with Crippen molar-refractivity contribution in [3.05, 3.63) is 41.7 Å². The van der Waals surface area contributed by atoms with Crippen molar-refractivity contribution >= 4 is 17.4 Å². The number of methoxy groups -OCH3 is 1. The third-order valence-corrected chi connectivity index (χ3v) is 6.19. The lowest BCUT2D eigenvalue weighted by Crippen LogP contribution is -2.36. The van der Waals surface area contributed by atoms with Crippen LogP contribution < -0.4 is 20.9 Å². The fraction of sp³-hybridized carbons (Fsp3) is 0.400. The highest BCUT2D eigenvalue weighted by Crippen LogP contribution is 2.38. The molecule has 1 aromatic carbocycles. The number of hydrogen-bond acceptors (Lipinski definition) is 7. The van der Waals surface area contributed by atoms with Crippen LogP contribution in [-0.4, -0.2) is 48.5 Å². The monoisotopic (exact) mass is 483 g/mol. The highest BCUT2D eigenvalue weighted by Gasteiger charge is 2.25. The van der Waals surface area contributed by atoms with Gasteiger partial charge in [-0.05, 0) is 51.2 Å². The van der Waals surface area contributed by atoms with Gasteiger partial charge in [-0.3, -0.25) is 9.88 Å². The molecule has 2 aromatic rings. The van der Waals surface area contributed by atoms with Crippen LogP contribution >= 0.6 is 11.8 Å². The first kappa shape index (κ1) is 24.3. The SMILES string of the molecule is COc1cnc(C(F)F)cc1-c1cc(C#CCN(C)C)ccc1NC1NNC(C#CC2CC2)S1. The van der Waals surface area contributed by atoms with E-state index in [1.165, 1.54) is 32.2 Å². The summed E-state index contributed by atoms with van der Waals surface area (Å²) >= 11 is 1.61. The van der Waals surface area contributed by atoms with Crippen molar-refractivity contribution in [2.45, 2.75) is 30.1 Å². The maximum atomic E-state index is 13.4. The van der Waals surface area contributed by atoms with Crippen LogP contribution in [0, 0.1) is 29.6 Å². The maximum Gasteiger partial charge on any atom is 0.280 e. The van der Waals surface area contributed by atoms with E-state index in [1.54, 1.807) is 11.8 Å². The molecule has 2 unspecified atom stereocenters. The number of aromatic nitrogens is 1. The van der Waals surface area contributed by atoms with Crippen LogP contribution in [0.15, 0.2) is 30.5 Å². The summed E-state index contributed by atoms with van der Waals surface area (Å²) in [6, 6.07) is 7.07. The fourth-order valence-electron chi connectivity index (χ4n) is 3.28. The molecule has 1 aromatic heterocycles. The normalized spacial score (nSPS) is 19.4. The molecule has 1 saturated carbocycles. The molecule has 1 saturated heterocycles. The number of halogens is 2. The number of pyridine rings is 1. The van der Waals surface area contributed by atoms with Crippen molar-refractivity contribution in [2.75, 3.05) is 33.1 Å². The number of benzene rings is 1. The highest BCUT2D eigenvalue weighted by molar-refractivity contribution is 8.01. The first-order valence-electron chi connectivity index (χ1n) is 11.0. The number of nitrogens with one attached hydrogen (secondary N) is 3. The molecule has 2 atom stereocenters. The number of thioether (sulfide) groups is 1. The van der Waals surface area contributed by atoms with E-state index in [1.807, 2.05) is 37.2 Å². The minimum absolute atomic E-state index is 0.0291. The molecule has 1 aliphatic carbocycles. The number of alkyl halides is 2. The zero-order valence-corrected chi connectivity index (χ0v) is 20.1. The smallest absolute Gasteiger partial charge is 0.280 e. The van der Waals surface area contributed by atoms with Gasteiger partial charge >= 0.3 is 0 Å². The van der Waals surface area contributed by atoms with Gasteiger partial charge in [0, 0.05) is 28.3 Å². The second kappa shape index (κ2) is 11.1. The van der Waals surface area contributed by atoms with E-state index in [-0.39, 0.29) is 16.6 Å². The largest absolute Gasteiger partial charge is 0.494 e. The fourth-order valence-corrected chi connectivity index (χ4v) is 4.16. The summed E-state index contributed by atoms with van der Waals surface area (Å²) in [6.45, 7) is 0.612. The molecule has 0 spiro atoms. The van der Waals surface area contributed by atoms with Gasteiger partial charge in [0.1, 0.15) is 22.3 Å². The van der Waals surface area contributed by atoms with Gasteiger partial charge in [-0.25, -0.2) is 19.6 Å². The van der Waals surface area contributed by atoms with Crippen LogP contribution in [-0.2, 0) is 0 Å². The zero-order chi connectivity index (χ0) is 24.1. The van der Waals surface area contributed by atoms with Gasteiger partial charge in [0.25, 0.3) is 6.43 Å². The highest BCUT2D eigenvalue weighted by atomic mass is 32.2. The van der Waals surface area contributed by atoms with Gasteiger partial charge in [-0.2, -0.15) is 0 Å². The Balaban J connectivity index is 1.65. The van der Waals surface area contributed by atoms with Crippen LogP contribution in [0.2, 0.25) is 0 Å². The van der Waals surface area contributed by atoms with Crippen LogP contribution in [0.1, 0.15) is 30.5 Å². The zero-order valence-electron chi connectivity index (χ0n) is 19.3. The number of ether oxygens (including phenoxy) is 1. The average molecular weight is 484 g/mol. The first-order chi connectivity index (χ1) is 16.4. The Hall–Kier alpha value is -2.82. The molecule has 34 heavy (non-hydrogen) atoms. The van der Waals surface area contributed by atoms with Gasteiger partial charge in [-0.1, -0.05) is 35.4 Å². The molecule has 9 heteroatoms. The summed E-state index contributed by atoms with van der Waals surface area (Å²) in [7, 11) is 5.39. The van der Waals surface area contributed by atoms with Crippen molar-refractivity contribution < 1.29 is 13.5 Å². The Labute approximate surface area is 203 Å². The molecular formula is C25H27F2N5OS. The average Bonchev–Trinajstić information content (AvgIpc) is 3.55. The van der Waals surface area contributed by atoms with E-state index in [2.05, 4.69) is 44.8 Å². The Bertz CT molecular complexity index is 1150. The van der Waals surface area contributed by atoms with Gasteiger partial charge in [0.2, 0.25) is 0 Å². The lowest BCUT2D eigenvalue weighted by atomic mass is 10.00. The molecule has 0 amide bonds. The van der Waals surface area contributed by atoms with E-state index in [0.717, 1.165) is 11.3 Å². The Morgan fingerprint density at radius 1 is 1.21 bits per heavy atom. The van der Waals surface area contributed by atoms with Crippen LogP contribution in [0.5, 0.6) is 5.75 Å². The van der Waals surface area contributed by atoms with Crippen molar-refractivity contribution in [3.8, 4) is 40.6 Å². The van der Waals surface area contributed by atoms with E-state index in [9.17, 15) is 8.78 Å². The molecule has 2 aliphatic rings. The van der Waals surface area contributed by atoms with Crippen LogP contribution in [0.4, 0.5) is 14.5 Å². The molecule has 1 aliphatic heterocycles. The summed E-state index contributed by atoms with van der Waals surface area (Å²) in [4.78, 5) is 5.81. The van der Waals surface area contributed by atoms with Gasteiger partial charge in [-0.15, -0.1) is 0 Å². The Kier molecular flexibility index (Phi) is 7.91. The molecule has 2 fully saturated rings. The number of nitrogens with zero attached hydrogens (tertiary/aromatic N) is 2. The second-order valence-electron chi connectivity index (χ2n) is 8.30. The number of rotatable bonds is 6. The lowest BCUT2D eigenvalue weighted by Gasteiger charge is -2.19. The van der Waals surface area contributed by atoms with Crippen LogP contribution in [0.25, 0.3) is 11.1 Å². The topological polar surface area (TPSA) is 61.5 Å². The minimum atomic E-state index is -2.69. The molecular weight excluding hydrogens is 456 g/mol. The summed E-state index contributed by atoms with van der Waals surface area (Å²) in [5.41, 5.74) is 8.66. The molecule has 3 N–H and O–H groups in total. The lowest BCUT2D eigenvalue weighted by molar-refractivity contribution is 0.146. The van der Waals surface area contributed by atoms with E-state index in [4.69, 9.17) is 4.74 Å². The van der Waals surface area contributed by atoms with Gasteiger partial charge < -0.3 is 10.1 Å². The summed E-state index contributed by atoms with van der Waals surface area (Å²) in [6.07, 6.45) is 1.01. The van der Waals surface area contributed by atoms with Crippen LogP contribution in [0.3, 0.4) is 0 Å². The third kappa shape index (κ3) is 6.40. The van der Waals surface area contributed by atoms with E-state index < -0.39 is 6.43 Å². The van der Waals surface area contributed by atoms with Crippen molar-refractivity contribution in [1.82, 2.24) is 20.7 Å². The summed E-state index contributed by atoms with van der Waals surface area (Å²) in [5, 5.41) is 3.42. The quantitative estimate of drug-likeness (QED) is 0.539. The summed E-state index contributed by atoms with van der Waals surface area (Å²) < 4.78 is 32.3.